The number of amides is 1. The predicted molar refractivity (Wildman–Crippen MR) is 118 cm³/mol. The molecule has 2 heterocycles. The van der Waals surface area contributed by atoms with Crippen molar-refractivity contribution in [3.8, 4) is 0 Å². The highest BCUT2D eigenvalue weighted by molar-refractivity contribution is 7.17. The Kier molecular flexibility index (Phi) is 7.32. The van der Waals surface area contributed by atoms with Crippen molar-refractivity contribution >= 4 is 45.6 Å². The van der Waals surface area contributed by atoms with Gasteiger partial charge in [0, 0.05) is 11.3 Å². The Morgan fingerprint density at radius 2 is 2.19 bits per heavy atom. The lowest BCUT2D eigenvalue weighted by atomic mass is 9.88. The van der Waals surface area contributed by atoms with Crippen molar-refractivity contribution in [2.45, 2.75) is 59.4 Å². The molecule has 0 bridgehead atoms. The van der Waals surface area contributed by atoms with Gasteiger partial charge in [-0.05, 0) is 55.9 Å². The first-order chi connectivity index (χ1) is 14.7. The van der Waals surface area contributed by atoms with E-state index in [1.807, 2.05) is 0 Å². The van der Waals surface area contributed by atoms with E-state index in [9.17, 15) is 19.7 Å². The van der Waals surface area contributed by atoms with Crippen LogP contribution < -0.4 is 5.32 Å². The maximum atomic E-state index is 12.6. The minimum Gasteiger partial charge on any atom is -0.462 e. The van der Waals surface area contributed by atoms with Crippen LogP contribution in [0.4, 0.5) is 10.8 Å². The van der Waals surface area contributed by atoms with Crippen LogP contribution in [0.5, 0.6) is 0 Å². The molecular formula is C20H25ClN4O5S. The fourth-order valence-electron chi connectivity index (χ4n) is 3.68. The number of aryl methyl sites for hydroxylation is 1. The van der Waals surface area contributed by atoms with Crippen LogP contribution >= 0.6 is 22.9 Å². The number of hydrogen-bond donors (Lipinski definition) is 1. The van der Waals surface area contributed by atoms with E-state index in [0.717, 1.165) is 29.7 Å². The van der Waals surface area contributed by atoms with E-state index < -0.39 is 10.9 Å². The van der Waals surface area contributed by atoms with Crippen LogP contribution in [-0.2, 0) is 28.9 Å². The number of nitrogens with one attached hydrogen (secondary N) is 1. The van der Waals surface area contributed by atoms with Gasteiger partial charge in [-0.2, -0.15) is 4.68 Å². The number of rotatable bonds is 8. The highest BCUT2D eigenvalue weighted by Crippen LogP contribution is 2.40. The molecular weight excluding hydrogens is 444 g/mol. The first-order valence-electron chi connectivity index (χ1n) is 10.2. The summed E-state index contributed by atoms with van der Waals surface area (Å²) in [5.74, 6) is -0.486. The van der Waals surface area contributed by atoms with Gasteiger partial charge in [0.25, 0.3) is 0 Å². The third kappa shape index (κ3) is 5.07. The maximum absolute atomic E-state index is 12.6. The Labute approximate surface area is 188 Å². The highest BCUT2D eigenvalue weighted by Gasteiger charge is 2.29. The van der Waals surface area contributed by atoms with Crippen LogP contribution in [0, 0.1) is 23.0 Å². The zero-order valence-electron chi connectivity index (χ0n) is 17.7. The van der Waals surface area contributed by atoms with E-state index in [-0.39, 0.29) is 29.8 Å². The second-order valence-corrected chi connectivity index (χ2v) is 9.11. The molecule has 1 aliphatic carbocycles. The smallest absolute Gasteiger partial charge is 0.408 e. The van der Waals surface area contributed by atoms with Crippen molar-refractivity contribution in [3.63, 3.8) is 0 Å². The third-order valence-electron chi connectivity index (χ3n) is 5.31. The lowest BCUT2D eigenvalue weighted by Crippen LogP contribution is -2.17. The minimum atomic E-state index is -0.630. The fourth-order valence-corrected chi connectivity index (χ4v) is 5.30. The second kappa shape index (κ2) is 9.78. The summed E-state index contributed by atoms with van der Waals surface area (Å²) in [6, 6.07) is 0. The highest BCUT2D eigenvalue weighted by atomic mass is 35.5. The zero-order valence-corrected chi connectivity index (χ0v) is 19.3. The topological polar surface area (TPSA) is 116 Å². The van der Waals surface area contributed by atoms with Crippen LogP contribution in [0.1, 0.15) is 59.6 Å². The molecule has 11 heteroatoms. The van der Waals surface area contributed by atoms with E-state index in [4.69, 9.17) is 16.3 Å². The lowest BCUT2D eigenvalue weighted by molar-refractivity contribution is -0.389. The average Bonchev–Trinajstić information content (AvgIpc) is 3.19. The summed E-state index contributed by atoms with van der Waals surface area (Å²) >= 11 is 7.39. The molecule has 2 aromatic heterocycles. The largest absolute Gasteiger partial charge is 0.462 e. The van der Waals surface area contributed by atoms with E-state index in [1.165, 1.54) is 16.0 Å². The molecule has 1 amide bonds. The Morgan fingerprint density at radius 1 is 1.45 bits per heavy atom. The Balaban J connectivity index is 1.67. The molecule has 0 aromatic carbocycles. The molecule has 1 N–H and O–H groups in total. The number of hydrogen-bond acceptors (Lipinski definition) is 7. The molecule has 0 saturated carbocycles. The molecule has 2 aromatic rings. The zero-order chi connectivity index (χ0) is 22.7. The van der Waals surface area contributed by atoms with E-state index >= 15 is 0 Å². The van der Waals surface area contributed by atoms with Crippen molar-refractivity contribution in [1.82, 2.24) is 9.78 Å². The summed E-state index contributed by atoms with van der Waals surface area (Å²) in [5, 5.41) is 18.3. The number of carbonyl (C=O) groups excluding carboxylic acids is 2. The summed E-state index contributed by atoms with van der Waals surface area (Å²) in [4.78, 5) is 36.6. The molecule has 0 spiro atoms. The number of thiophene rings is 1. The number of nitro groups is 1. The van der Waals surface area contributed by atoms with Gasteiger partial charge < -0.3 is 20.2 Å². The standard InChI is InChI=1S/C20H25ClN4O5S/c1-4-30-20(27)16-13-8-7-11(2)10-14(13)31-19(16)22-15(26)6-5-9-24-12(3)17(21)18(23-24)25(28)29/h11H,4-10H2,1-3H3,(H,22,26)/t11-/m1/s1. The van der Waals surface area contributed by atoms with Crippen molar-refractivity contribution in [2.75, 3.05) is 11.9 Å². The van der Waals surface area contributed by atoms with Gasteiger partial charge >= 0.3 is 11.8 Å². The summed E-state index contributed by atoms with van der Waals surface area (Å²) < 4.78 is 6.66. The molecule has 31 heavy (non-hydrogen) atoms. The second-order valence-electron chi connectivity index (χ2n) is 7.63. The quantitative estimate of drug-likeness (QED) is 0.345. The lowest BCUT2D eigenvalue weighted by Gasteiger charge is -2.18. The molecule has 3 rings (SSSR count). The maximum Gasteiger partial charge on any atom is 0.408 e. The summed E-state index contributed by atoms with van der Waals surface area (Å²) in [5.41, 5.74) is 1.96. The number of nitrogens with zero attached hydrogens (tertiary/aromatic N) is 3. The molecule has 0 fully saturated rings. The predicted octanol–water partition coefficient (Wildman–Crippen LogP) is 4.54. The Hall–Kier alpha value is -2.46. The van der Waals surface area contributed by atoms with E-state index in [2.05, 4.69) is 17.3 Å². The van der Waals surface area contributed by atoms with Crippen LogP contribution in [-0.4, -0.2) is 33.2 Å². The molecule has 9 nitrogen and oxygen atoms in total. The van der Waals surface area contributed by atoms with Gasteiger partial charge in [-0.1, -0.05) is 18.5 Å². The summed E-state index contributed by atoms with van der Waals surface area (Å²) in [6.45, 7) is 6.16. The Morgan fingerprint density at radius 3 is 2.84 bits per heavy atom. The van der Waals surface area contributed by atoms with Crippen molar-refractivity contribution in [3.05, 3.63) is 36.8 Å². The number of ether oxygens (including phenoxy) is 1. The number of anilines is 1. The van der Waals surface area contributed by atoms with Gasteiger partial charge in [0.05, 0.1) is 29.5 Å². The van der Waals surface area contributed by atoms with Gasteiger partial charge in [0.2, 0.25) is 5.91 Å². The number of carbonyl (C=O) groups is 2. The molecule has 168 valence electrons. The van der Waals surface area contributed by atoms with E-state index in [0.29, 0.717) is 35.1 Å². The Bertz CT molecular complexity index is 1020. The molecule has 0 unspecified atom stereocenters. The van der Waals surface area contributed by atoms with Crippen LogP contribution in [0.2, 0.25) is 5.02 Å². The van der Waals surface area contributed by atoms with Crippen molar-refractivity contribution in [2.24, 2.45) is 5.92 Å². The third-order valence-corrected chi connectivity index (χ3v) is 6.92. The average molecular weight is 469 g/mol. The van der Waals surface area contributed by atoms with Gasteiger partial charge in [-0.25, -0.2) is 4.79 Å². The first-order valence-corrected chi connectivity index (χ1v) is 11.4. The SMILES string of the molecule is CCOC(=O)c1c(NC(=O)CCCn2nc([N+](=O)[O-])c(Cl)c2C)sc2c1CC[C@@H](C)C2. The number of esters is 1. The molecule has 1 aliphatic rings. The first kappa shape index (κ1) is 23.2. The van der Waals surface area contributed by atoms with Gasteiger partial charge in [-0.15, -0.1) is 11.3 Å². The molecule has 1 atom stereocenters. The van der Waals surface area contributed by atoms with Crippen molar-refractivity contribution < 1.29 is 19.2 Å². The molecule has 0 radical (unpaired) electrons. The molecule has 0 saturated heterocycles. The van der Waals surface area contributed by atoms with E-state index in [1.54, 1.807) is 13.8 Å². The summed E-state index contributed by atoms with van der Waals surface area (Å²) in [7, 11) is 0. The number of halogens is 1. The monoisotopic (exact) mass is 468 g/mol. The van der Waals surface area contributed by atoms with Gasteiger partial charge in [0.1, 0.15) is 5.00 Å². The fraction of sp³-hybridized carbons (Fsp3) is 0.550. The molecule has 0 aliphatic heterocycles. The minimum absolute atomic E-state index is 0.00641. The van der Waals surface area contributed by atoms with Gasteiger partial charge in [0.15, 0.2) is 5.02 Å². The van der Waals surface area contributed by atoms with Gasteiger partial charge in [-0.3, -0.25) is 4.79 Å². The number of aromatic nitrogens is 2. The van der Waals surface area contributed by atoms with Crippen LogP contribution in [0.3, 0.4) is 0 Å². The van der Waals surface area contributed by atoms with Crippen LogP contribution in [0.25, 0.3) is 0 Å². The van der Waals surface area contributed by atoms with Crippen LogP contribution in [0.15, 0.2) is 0 Å². The van der Waals surface area contributed by atoms with Crippen molar-refractivity contribution in [1.29, 1.82) is 0 Å². The summed E-state index contributed by atoms with van der Waals surface area (Å²) in [6.07, 6.45) is 3.28. The normalized spacial score (nSPS) is 15.4. The number of fused-ring (bicyclic) bond motifs is 1.